The summed E-state index contributed by atoms with van der Waals surface area (Å²) in [5.41, 5.74) is 0. The maximum Gasteiger partial charge on any atom is 0.204 e. The lowest BCUT2D eigenvalue weighted by atomic mass is 9.80. The zero-order valence-corrected chi connectivity index (χ0v) is 12.1. The second-order valence-electron chi connectivity index (χ2n) is 5.15. The van der Waals surface area contributed by atoms with Crippen LogP contribution < -0.4 is 15.4 Å². The highest BCUT2D eigenvalue weighted by Crippen LogP contribution is 2.34. The molecule has 1 heterocycles. The maximum atomic E-state index is 5.46. The molecule has 0 aromatic carbocycles. The molecule has 1 atom stereocenters. The summed E-state index contributed by atoms with van der Waals surface area (Å²) in [4.78, 5) is 8.56. The molecule has 19 heavy (non-hydrogen) atoms. The molecule has 0 aliphatic heterocycles. The smallest absolute Gasteiger partial charge is 0.204 e. The van der Waals surface area contributed by atoms with Crippen molar-refractivity contribution in [3.05, 3.63) is 6.33 Å². The lowest BCUT2D eigenvalue weighted by molar-refractivity contribution is 0.284. The van der Waals surface area contributed by atoms with Crippen molar-refractivity contribution in [2.45, 2.75) is 45.6 Å². The third kappa shape index (κ3) is 3.28. The lowest BCUT2D eigenvalue weighted by Gasteiger charge is -2.32. The number of ether oxygens (including phenoxy) is 1. The van der Waals surface area contributed by atoms with Crippen LogP contribution in [0.2, 0.25) is 0 Å². The number of hydrogen-bond acceptors (Lipinski definition) is 5. The van der Waals surface area contributed by atoms with E-state index >= 15 is 0 Å². The number of aromatic nitrogens is 2. The van der Waals surface area contributed by atoms with E-state index < -0.39 is 0 Å². The first-order valence-corrected chi connectivity index (χ1v) is 7.15. The van der Waals surface area contributed by atoms with Crippen LogP contribution in [0.3, 0.4) is 0 Å². The van der Waals surface area contributed by atoms with E-state index in [1.165, 1.54) is 19.3 Å². The fourth-order valence-electron chi connectivity index (χ4n) is 2.31. The van der Waals surface area contributed by atoms with Crippen molar-refractivity contribution >= 4 is 11.6 Å². The van der Waals surface area contributed by atoms with Crippen molar-refractivity contribution in [1.29, 1.82) is 0 Å². The van der Waals surface area contributed by atoms with E-state index in [1.807, 2.05) is 0 Å². The molecule has 0 bridgehead atoms. The zero-order chi connectivity index (χ0) is 13.7. The van der Waals surface area contributed by atoms with E-state index in [-0.39, 0.29) is 0 Å². The Morgan fingerprint density at radius 1 is 1.37 bits per heavy atom. The molecule has 1 aliphatic carbocycles. The van der Waals surface area contributed by atoms with Gasteiger partial charge in [-0.1, -0.05) is 13.3 Å². The second kappa shape index (κ2) is 6.59. The van der Waals surface area contributed by atoms with Crippen LogP contribution in [0.4, 0.5) is 11.6 Å². The normalized spacial score (nSPS) is 16.6. The Hall–Kier alpha value is -1.52. The topological polar surface area (TPSA) is 59.1 Å². The van der Waals surface area contributed by atoms with Crippen LogP contribution >= 0.6 is 0 Å². The Balaban J connectivity index is 2.09. The molecular weight excluding hydrogens is 240 g/mol. The fraction of sp³-hybridized carbons (Fsp3) is 0.714. The minimum Gasteiger partial charge on any atom is -0.490 e. The molecule has 2 N–H and O–H groups in total. The van der Waals surface area contributed by atoms with Crippen molar-refractivity contribution in [2.75, 3.05) is 24.3 Å². The van der Waals surface area contributed by atoms with Crippen molar-refractivity contribution in [3.8, 4) is 5.75 Å². The van der Waals surface area contributed by atoms with Gasteiger partial charge in [-0.05, 0) is 32.1 Å². The molecule has 1 saturated carbocycles. The first kappa shape index (κ1) is 13.9. The summed E-state index contributed by atoms with van der Waals surface area (Å²) >= 11 is 0. The lowest BCUT2D eigenvalue weighted by Crippen LogP contribution is -2.31. The summed E-state index contributed by atoms with van der Waals surface area (Å²) < 4.78 is 5.46. The van der Waals surface area contributed by atoms with Crippen LogP contribution in [-0.2, 0) is 0 Å². The summed E-state index contributed by atoms with van der Waals surface area (Å²) in [6.45, 7) is 5.22. The minimum absolute atomic E-state index is 0.427. The number of nitrogens with zero attached hydrogens (tertiary/aromatic N) is 2. The van der Waals surface area contributed by atoms with Gasteiger partial charge in [0.15, 0.2) is 11.6 Å². The van der Waals surface area contributed by atoms with E-state index in [0.29, 0.717) is 11.8 Å². The molecule has 0 radical (unpaired) electrons. The number of nitrogens with one attached hydrogen (secondary N) is 2. The third-order valence-electron chi connectivity index (χ3n) is 3.77. The Bertz CT molecular complexity index is 406. The second-order valence-corrected chi connectivity index (χ2v) is 5.15. The third-order valence-corrected chi connectivity index (χ3v) is 3.77. The molecule has 1 aliphatic rings. The summed E-state index contributed by atoms with van der Waals surface area (Å²) in [6.07, 6.45) is 6.59. The van der Waals surface area contributed by atoms with Crippen molar-refractivity contribution in [1.82, 2.24) is 9.97 Å². The highest BCUT2D eigenvalue weighted by Gasteiger charge is 2.25. The average Bonchev–Trinajstić information content (AvgIpc) is 2.34. The van der Waals surface area contributed by atoms with Gasteiger partial charge >= 0.3 is 0 Å². The van der Waals surface area contributed by atoms with Gasteiger partial charge < -0.3 is 15.4 Å². The number of methoxy groups -OCH3 is 1. The molecule has 1 aromatic rings. The Labute approximate surface area is 115 Å². The highest BCUT2D eigenvalue weighted by atomic mass is 16.5. The number of rotatable bonds is 7. The first-order chi connectivity index (χ1) is 9.26. The van der Waals surface area contributed by atoms with Gasteiger partial charge in [0.1, 0.15) is 6.33 Å². The van der Waals surface area contributed by atoms with Crippen LogP contribution in [0.15, 0.2) is 6.33 Å². The molecule has 1 unspecified atom stereocenters. The molecule has 1 fully saturated rings. The predicted octanol–water partition coefficient (Wildman–Crippen LogP) is 2.91. The van der Waals surface area contributed by atoms with Crippen LogP contribution in [0.1, 0.15) is 39.5 Å². The van der Waals surface area contributed by atoms with E-state index in [9.17, 15) is 0 Å². The Morgan fingerprint density at radius 3 is 2.68 bits per heavy atom. The van der Waals surface area contributed by atoms with Gasteiger partial charge in [0.05, 0.1) is 7.11 Å². The average molecular weight is 264 g/mol. The van der Waals surface area contributed by atoms with Gasteiger partial charge in [0, 0.05) is 12.6 Å². The zero-order valence-electron chi connectivity index (χ0n) is 12.1. The highest BCUT2D eigenvalue weighted by molar-refractivity contribution is 5.63. The number of anilines is 2. The Morgan fingerprint density at radius 2 is 2.11 bits per heavy atom. The summed E-state index contributed by atoms with van der Waals surface area (Å²) in [5.74, 6) is 3.02. The summed E-state index contributed by atoms with van der Waals surface area (Å²) in [7, 11) is 1.66. The van der Waals surface area contributed by atoms with Crippen molar-refractivity contribution in [3.63, 3.8) is 0 Å². The number of hydrogen-bond donors (Lipinski definition) is 2. The van der Waals surface area contributed by atoms with Crippen LogP contribution in [-0.4, -0.2) is 29.7 Å². The molecule has 1 aromatic heterocycles. The van der Waals surface area contributed by atoms with Crippen LogP contribution in [0, 0.1) is 5.92 Å². The fourth-order valence-corrected chi connectivity index (χ4v) is 2.31. The van der Waals surface area contributed by atoms with Gasteiger partial charge in [0.2, 0.25) is 5.75 Å². The van der Waals surface area contributed by atoms with Gasteiger partial charge in [-0.3, -0.25) is 0 Å². The molecule has 0 amide bonds. The van der Waals surface area contributed by atoms with Gasteiger partial charge in [-0.15, -0.1) is 0 Å². The van der Waals surface area contributed by atoms with Crippen LogP contribution in [0.25, 0.3) is 0 Å². The van der Waals surface area contributed by atoms with E-state index in [0.717, 1.165) is 30.5 Å². The standard InChI is InChI=1S/C14H24N4O/c1-4-8-15-13-12(19-3)14(17-9-16-13)18-10(2)11-6-5-7-11/h9-11H,4-8H2,1-3H3,(H2,15,16,17,18). The van der Waals surface area contributed by atoms with E-state index in [1.54, 1.807) is 13.4 Å². The van der Waals surface area contributed by atoms with Gasteiger partial charge in [0.25, 0.3) is 0 Å². The molecule has 0 saturated heterocycles. The van der Waals surface area contributed by atoms with Crippen LogP contribution in [0.5, 0.6) is 5.75 Å². The Kier molecular flexibility index (Phi) is 4.82. The monoisotopic (exact) mass is 264 g/mol. The molecule has 2 rings (SSSR count). The minimum atomic E-state index is 0.427. The molecule has 106 valence electrons. The molecule has 5 nitrogen and oxygen atoms in total. The summed E-state index contributed by atoms with van der Waals surface area (Å²) in [5, 5.41) is 6.73. The maximum absolute atomic E-state index is 5.46. The SMILES string of the molecule is CCCNc1ncnc(NC(C)C2CCC2)c1OC. The molecule has 0 spiro atoms. The largest absolute Gasteiger partial charge is 0.490 e. The van der Waals surface area contributed by atoms with Gasteiger partial charge in [-0.2, -0.15) is 0 Å². The van der Waals surface area contributed by atoms with Gasteiger partial charge in [-0.25, -0.2) is 9.97 Å². The van der Waals surface area contributed by atoms with Crippen molar-refractivity contribution < 1.29 is 4.74 Å². The van der Waals surface area contributed by atoms with Crippen molar-refractivity contribution in [2.24, 2.45) is 5.92 Å². The van der Waals surface area contributed by atoms with E-state index in [2.05, 4.69) is 34.4 Å². The predicted molar refractivity (Wildman–Crippen MR) is 77.8 cm³/mol. The molecular formula is C14H24N4O. The quantitative estimate of drug-likeness (QED) is 0.793. The summed E-state index contributed by atoms with van der Waals surface area (Å²) in [6, 6.07) is 0.427. The first-order valence-electron chi connectivity index (χ1n) is 7.15. The van der Waals surface area contributed by atoms with E-state index in [4.69, 9.17) is 4.74 Å². The molecule has 5 heteroatoms.